The maximum absolute atomic E-state index is 14.4. The van der Waals surface area contributed by atoms with Crippen molar-refractivity contribution in [1.82, 2.24) is 31.5 Å². The first-order valence-electron chi connectivity index (χ1n) is 16.3. The molecule has 8 N–H and O–H groups in total. The summed E-state index contributed by atoms with van der Waals surface area (Å²) < 4.78 is 28.8. The number of halogens is 2. The van der Waals surface area contributed by atoms with Gasteiger partial charge in [-0.15, -0.1) is 0 Å². The van der Waals surface area contributed by atoms with Crippen molar-refractivity contribution in [3.05, 3.63) is 101 Å². The molecule has 0 saturated carbocycles. The van der Waals surface area contributed by atoms with Gasteiger partial charge in [0.05, 0.1) is 0 Å². The molecular formula is C35H42F2N8O5. The van der Waals surface area contributed by atoms with E-state index < -0.39 is 59.4 Å². The molecule has 266 valence electrons. The van der Waals surface area contributed by atoms with Gasteiger partial charge in [0.1, 0.15) is 29.5 Å². The zero-order valence-electron chi connectivity index (χ0n) is 27.7. The molecule has 1 aliphatic rings. The fraction of sp³-hybridized carbons (Fsp3) is 0.343. The normalized spacial score (nSPS) is 13.9. The summed E-state index contributed by atoms with van der Waals surface area (Å²) in [6.45, 7) is 2.78. The van der Waals surface area contributed by atoms with Crippen molar-refractivity contribution in [1.29, 1.82) is 0 Å². The number of nitrogens with two attached hydrogens (primary N) is 1. The van der Waals surface area contributed by atoms with E-state index in [1.807, 2.05) is 59.5 Å². The maximum atomic E-state index is 14.4. The van der Waals surface area contributed by atoms with Gasteiger partial charge in [0.25, 0.3) is 0 Å². The number of guanidine groups is 1. The lowest BCUT2D eigenvalue weighted by molar-refractivity contribution is -0.132. The molecule has 5 amide bonds. The number of amides is 5. The number of fused-ring (bicyclic) bond motifs is 1. The molecule has 2 atom stereocenters. The van der Waals surface area contributed by atoms with Crippen molar-refractivity contribution < 1.29 is 33.1 Å². The van der Waals surface area contributed by atoms with E-state index in [0.717, 1.165) is 28.8 Å². The molecule has 0 radical (unpaired) electrons. The van der Waals surface area contributed by atoms with Gasteiger partial charge in [-0.25, -0.2) is 13.6 Å². The van der Waals surface area contributed by atoms with Crippen LogP contribution < -0.4 is 32.3 Å². The summed E-state index contributed by atoms with van der Waals surface area (Å²) >= 11 is 0. The number of nitrogens with zero attached hydrogens (tertiary/aromatic N) is 2. The Morgan fingerprint density at radius 2 is 1.48 bits per heavy atom. The van der Waals surface area contributed by atoms with Crippen LogP contribution in [0.4, 0.5) is 13.6 Å². The Morgan fingerprint density at radius 1 is 0.860 bits per heavy atom. The number of aliphatic imine (C=N–C) groups is 1. The number of nitrogens with one attached hydrogen (secondary N) is 5. The summed E-state index contributed by atoms with van der Waals surface area (Å²) in [6, 6.07) is 15.9. The first-order chi connectivity index (χ1) is 24.0. The van der Waals surface area contributed by atoms with Gasteiger partial charge >= 0.3 is 6.03 Å². The number of hydrogen-bond donors (Lipinski definition) is 7. The van der Waals surface area contributed by atoms with E-state index in [1.165, 1.54) is 0 Å². The molecule has 50 heavy (non-hydrogen) atoms. The fourth-order valence-corrected chi connectivity index (χ4v) is 5.49. The lowest BCUT2D eigenvalue weighted by atomic mass is 10.0. The largest absolute Gasteiger partial charge is 0.508 e. The number of benzene rings is 3. The van der Waals surface area contributed by atoms with Gasteiger partial charge in [0.15, 0.2) is 5.96 Å². The number of carbonyl (C=O) groups excluding carboxylic acids is 4. The molecule has 1 heterocycles. The van der Waals surface area contributed by atoms with E-state index in [2.05, 4.69) is 31.6 Å². The van der Waals surface area contributed by atoms with E-state index >= 15 is 0 Å². The van der Waals surface area contributed by atoms with Gasteiger partial charge in [-0.2, -0.15) is 4.99 Å². The quantitative estimate of drug-likeness (QED) is 0.0718. The van der Waals surface area contributed by atoms with Crippen molar-refractivity contribution in [2.75, 3.05) is 19.6 Å². The number of phenolic OH excluding ortho intramolecular Hbond substituents is 1. The number of urea groups is 1. The monoisotopic (exact) mass is 692 g/mol. The third-order valence-electron chi connectivity index (χ3n) is 8.03. The van der Waals surface area contributed by atoms with E-state index in [0.29, 0.717) is 19.5 Å². The lowest BCUT2D eigenvalue weighted by Crippen LogP contribution is -2.50. The Kier molecular flexibility index (Phi) is 13.6. The van der Waals surface area contributed by atoms with Crippen LogP contribution in [0.25, 0.3) is 0 Å². The van der Waals surface area contributed by atoms with Crippen LogP contribution in [0.3, 0.4) is 0 Å². The third kappa shape index (κ3) is 10.7. The van der Waals surface area contributed by atoms with E-state index in [1.54, 1.807) is 6.92 Å². The molecule has 3 aromatic rings. The van der Waals surface area contributed by atoms with E-state index in [9.17, 15) is 33.1 Å². The predicted octanol–water partition coefficient (Wildman–Crippen LogP) is 2.45. The van der Waals surface area contributed by atoms with Crippen LogP contribution in [0.1, 0.15) is 54.5 Å². The summed E-state index contributed by atoms with van der Waals surface area (Å²) in [4.78, 5) is 56.6. The van der Waals surface area contributed by atoms with E-state index in [-0.39, 0.29) is 44.3 Å². The number of aromatic hydroxyl groups is 1. The van der Waals surface area contributed by atoms with Gasteiger partial charge in [-0.3, -0.25) is 19.3 Å². The van der Waals surface area contributed by atoms with Crippen LogP contribution in [0.5, 0.6) is 5.75 Å². The summed E-state index contributed by atoms with van der Waals surface area (Å²) in [6.07, 6.45) is 0.682. The topological polar surface area (TPSA) is 190 Å². The molecule has 0 unspecified atom stereocenters. The predicted molar refractivity (Wildman–Crippen MR) is 182 cm³/mol. The number of hydrogen-bond acceptors (Lipinski definition) is 6. The van der Waals surface area contributed by atoms with Crippen molar-refractivity contribution in [3.63, 3.8) is 0 Å². The molecule has 0 aromatic heterocycles. The van der Waals surface area contributed by atoms with Gasteiger partial charge in [0.2, 0.25) is 17.7 Å². The SMILES string of the molecule is CCC(=O)NCCNC(=O)/N=C(/N)NCCC[C@@H](NC(=O)[C@@H](c1ccccc1)N1Cc2ccccc2C1)C(=O)NCc1c(F)cc(O)cc1F. The lowest BCUT2D eigenvalue weighted by Gasteiger charge is -2.29. The van der Waals surface area contributed by atoms with Gasteiger partial charge in [-0.1, -0.05) is 61.5 Å². The number of carbonyl (C=O) groups is 4. The highest BCUT2D eigenvalue weighted by Crippen LogP contribution is 2.31. The Morgan fingerprint density at radius 3 is 2.12 bits per heavy atom. The van der Waals surface area contributed by atoms with Crippen LogP contribution in [-0.2, 0) is 34.0 Å². The molecule has 0 bridgehead atoms. The highest BCUT2D eigenvalue weighted by atomic mass is 19.1. The zero-order chi connectivity index (χ0) is 36.0. The number of phenols is 1. The molecule has 15 heteroatoms. The van der Waals surface area contributed by atoms with Crippen LogP contribution in [0, 0.1) is 11.6 Å². The van der Waals surface area contributed by atoms with E-state index in [4.69, 9.17) is 5.73 Å². The highest BCUT2D eigenvalue weighted by Gasteiger charge is 2.34. The Labute approximate surface area is 288 Å². The summed E-state index contributed by atoms with van der Waals surface area (Å²) in [5.74, 6) is -4.11. The van der Waals surface area contributed by atoms with Crippen LogP contribution >= 0.6 is 0 Å². The van der Waals surface area contributed by atoms with Crippen molar-refractivity contribution >= 4 is 29.7 Å². The molecule has 1 aliphatic heterocycles. The standard InChI is InChI=1S/C35H42F2N8O5/c1-2-30(47)39-15-16-41-35(50)44-34(38)40-14-8-13-29(32(48)42-19-26-27(36)17-25(46)18-28(26)37)43-33(49)31(22-9-4-3-5-10-22)45-20-23-11-6-7-12-24(23)21-45/h3-7,9-12,17-18,29,31,46H,2,8,13-16,19-21H2,1H3,(H,39,47)(H,42,48)(H,43,49)(H4,38,40,41,44,50)/t29-,31-/m1/s1. The minimum atomic E-state index is -1.12. The third-order valence-corrected chi connectivity index (χ3v) is 8.03. The maximum Gasteiger partial charge on any atom is 0.344 e. The minimum Gasteiger partial charge on any atom is -0.508 e. The molecule has 4 rings (SSSR count). The Bertz CT molecular complexity index is 1640. The average Bonchev–Trinajstić information content (AvgIpc) is 3.51. The Balaban J connectivity index is 1.43. The van der Waals surface area contributed by atoms with Crippen molar-refractivity contribution in [3.8, 4) is 5.75 Å². The smallest absolute Gasteiger partial charge is 0.344 e. The van der Waals surface area contributed by atoms with Gasteiger partial charge < -0.3 is 37.4 Å². The molecule has 3 aromatic carbocycles. The second kappa shape index (κ2) is 18.3. The second-order valence-electron chi connectivity index (χ2n) is 11.7. The number of rotatable bonds is 15. The summed E-state index contributed by atoms with van der Waals surface area (Å²) in [5.41, 5.74) is 8.29. The van der Waals surface area contributed by atoms with Crippen LogP contribution in [0.15, 0.2) is 71.7 Å². The highest BCUT2D eigenvalue weighted by molar-refractivity contribution is 5.92. The zero-order valence-corrected chi connectivity index (χ0v) is 27.7. The summed E-state index contributed by atoms with van der Waals surface area (Å²) in [5, 5.41) is 22.7. The fourth-order valence-electron chi connectivity index (χ4n) is 5.49. The van der Waals surface area contributed by atoms with Gasteiger partial charge in [0, 0.05) is 63.4 Å². The average molecular weight is 693 g/mol. The molecule has 0 aliphatic carbocycles. The van der Waals surface area contributed by atoms with Crippen LogP contribution in [0.2, 0.25) is 0 Å². The van der Waals surface area contributed by atoms with Crippen molar-refractivity contribution in [2.24, 2.45) is 10.7 Å². The molecule has 0 saturated heterocycles. The molecular weight excluding hydrogens is 650 g/mol. The molecule has 0 fully saturated rings. The van der Waals surface area contributed by atoms with Crippen molar-refractivity contribution in [2.45, 2.75) is 57.9 Å². The minimum absolute atomic E-state index is 0.0868. The first-order valence-corrected chi connectivity index (χ1v) is 16.3. The molecule has 0 spiro atoms. The second-order valence-corrected chi connectivity index (χ2v) is 11.7. The first kappa shape index (κ1) is 37.3. The van der Waals surface area contributed by atoms with Crippen LogP contribution in [-0.4, -0.2) is 65.4 Å². The summed E-state index contributed by atoms with van der Waals surface area (Å²) in [7, 11) is 0. The van der Waals surface area contributed by atoms with Gasteiger partial charge in [-0.05, 0) is 29.5 Å². The Hall–Kier alpha value is -5.57. The molecule has 13 nitrogen and oxygen atoms in total.